The van der Waals surface area contributed by atoms with Crippen LogP contribution in [-0.4, -0.2) is 20.3 Å². The molecule has 0 saturated heterocycles. The van der Waals surface area contributed by atoms with E-state index in [1.165, 1.54) is 5.56 Å². The van der Waals surface area contributed by atoms with E-state index in [4.69, 9.17) is 19.9 Å². The fourth-order valence-corrected chi connectivity index (χ4v) is 4.28. The molecule has 27 heavy (non-hydrogen) atoms. The maximum atomic E-state index is 11.5. The fourth-order valence-electron chi connectivity index (χ4n) is 4.28. The van der Waals surface area contributed by atoms with Crippen molar-refractivity contribution in [2.45, 2.75) is 39.2 Å². The predicted molar refractivity (Wildman–Crippen MR) is 105 cm³/mol. The molecule has 3 rings (SSSR count). The molecular formula is C22H27NO4. The molecule has 1 unspecified atom stereocenters. The molecule has 1 amide bonds. The van der Waals surface area contributed by atoms with Crippen LogP contribution in [0.3, 0.4) is 0 Å². The van der Waals surface area contributed by atoms with Crippen LogP contribution in [0.2, 0.25) is 0 Å². The first kappa shape index (κ1) is 19.1. The highest BCUT2D eigenvalue weighted by atomic mass is 16.6. The molecule has 0 bridgehead atoms. The van der Waals surface area contributed by atoms with E-state index in [2.05, 4.69) is 19.9 Å². The quantitative estimate of drug-likeness (QED) is 0.788. The van der Waals surface area contributed by atoms with Gasteiger partial charge in [0.05, 0.1) is 19.8 Å². The third kappa shape index (κ3) is 3.22. The van der Waals surface area contributed by atoms with Gasteiger partial charge in [-0.15, -0.1) is 0 Å². The summed E-state index contributed by atoms with van der Waals surface area (Å²) >= 11 is 0. The molecule has 0 saturated carbocycles. The molecule has 2 aromatic rings. The van der Waals surface area contributed by atoms with Gasteiger partial charge in [-0.3, -0.25) is 0 Å². The van der Waals surface area contributed by atoms with E-state index in [0.717, 1.165) is 47.5 Å². The van der Waals surface area contributed by atoms with Crippen molar-refractivity contribution >= 4 is 6.09 Å². The Labute approximate surface area is 160 Å². The number of carbonyl (C=O) groups excluding carboxylic acids is 1. The number of methoxy groups -OCH3 is 2. The highest BCUT2D eigenvalue weighted by molar-refractivity contribution is 5.78. The Morgan fingerprint density at radius 2 is 1.74 bits per heavy atom. The van der Waals surface area contributed by atoms with Crippen molar-refractivity contribution in [3.8, 4) is 22.6 Å². The molecule has 0 fully saturated rings. The van der Waals surface area contributed by atoms with Gasteiger partial charge in [-0.1, -0.05) is 38.1 Å². The van der Waals surface area contributed by atoms with Gasteiger partial charge in [0, 0.05) is 5.41 Å². The summed E-state index contributed by atoms with van der Waals surface area (Å²) in [6.07, 6.45) is 1.62. The first-order valence-electron chi connectivity index (χ1n) is 9.30. The van der Waals surface area contributed by atoms with Crippen molar-refractivity contribution < 1.29 is 19.0 Å². The number of ether oxygens (including phenoxy) is 3. The summed E-state index contributed by atoms with van der Waals surface area (Å²) in [5.41, 5.74) is 9.39. The molecule has 0 heterocycles. The molecule has 5 nitrogen and oxygen atoms in total. The Bertz CT molecular complexity index is 820. The second-order valence-corrected chi connectivity index (χ2v) is 7.01. The highest BCUT2D eigenvalue weighted by Gasteiger charge is 2.46. The Morgan fingerprint density at radius 3 is 2.26 bits per heavy atom. The summed E-state index contributed by atoms with van der Waals surface area (Å²) in [5, 5.41) is 0. The number of hydrogen-bond donors (Lipinski definition) is 1. The lowest BCUT2D eigenvalue weighted by Crippen LogP contribution is -2.30. The fraction of sp³-hybridized carbons (Fsp3) is 0.409. The summed E-state index contributed by atoms with van der Waals surface area (Å²) in [4.78, 5) is 11.5. The van der Waals surface area contributed by atoms with Crippen LogP contribution in [0, 0.1) is 5.41 Å². The smallest absolute Gasteiger partial charge is 0.405 e. The molecule has 1 aliphatic carbocycles. The largest absolute Gasteiger partial charge is 0.496 e. The van der Waals surface area contributed by atoms with E-state index in [1.54, 1.807) is 14.2 Å². The van der Waals surface area contributed by atoms with Crippen molar-refractivity contribution in [2.24, 2.45) is 11.1 Å². The molecule has 1 atom stereocenters. The van der Waals surface area contributed by atoms with Crippen LogP contribution in [0.1, 0.15) is 43.9 Å². The molecular weight excluding hydrogens is 342 g/mol. The second-order valence-electron chi connectivity index (χ2n) is 7.01. The summed E-state index contributed by atoms with van der Waals surface area (Å²) in [5.74, 6) is 1.52. The standard InChI is InChI=1S/C22H27NO4/c1-5-22(6-2)13-15-12-14(10-11-16(15)20(22)27-21(23)24)19-17(25-3)8-7-9-18(19)26-4/h7-12,20H,5-6,13H2,1-4H3,(H2,23,24). The van der Waals surface area contributed by atoms with Gasteiger partial charge in [0.1, 0.15) is 17.6 Å². The summed E-state index contributed by atoms with van der Waals surface area (Å²) in [6, 6.07) is 12.0. The molecule has 0 spiro atoms. The number of carbonyl (C=O) groups is 1. The van der Waals surface area contributed by atoms with Crippen LogP contribution in [0.15, 0.2) is 36.4 Å². The highest BCUT2D eigenvalue weighted by Crippen LogP contribution is 2.53. The van der Waals surface area contributed by atoms with Crippen LogP contribution in [0.25, 0.3) is 11.1 Å². The third-order valence-electron chi connectivity index (χ3n) is 5.88. The van der Waals surface area contributed by atoms with E-state index in [-0.39, 0.29) is 11.5 Å². The maximum Gasteiger partial charge on any atom is 0.405 e. The van der Waals surface area contributed by atoms with E-state index in [1.807, 2.05) is 30.3 Å². The average Bonchev–Trinajstić information content (AvgIpc) is 2.99. The Hall–Kier alpha value is -2.69. The number of amides is 1. The monoisotopic (exact) mass is 369 g/mol. The third-order valence-corrected chi connectivity index (χ3v) is 5.88. The van der Waals surface area contributed by atoms with Gasteiger partial charge in [-0.05, 0) is 48.1 Å². The Kier molecular flexibility index (Phi) is 5.31. The molecule has 144 valence electrons. The molecule has 1 aliphatic rings. The van der Waals surface area contributed by atoms with E-state index in [9.17, 15) is 4.79 Å². The molecule has 5 heteroatoms. The van der Waals surface area contributed by atoms with Crippen molar-refractivity contribution in [3.63, 3.8) is 0 Å². The van der Waals surface area contributed by atoms with E-state index in [0.29, 0.717) is 0 Å². The van der Waals surface area contributed by atoms with Crippen LogP contribution in [-0.2, 0) is 11.2 Å². The molecule has 2 N–H and O–H groups in total. The van der Waals surface area contributed by atoms with Gasteiger partial charge in [0.15, 0.2) is 0 Å². The summed E-state index contributed by atoms with van der Waals surface area (Å²) in [7, 11) is 3.31. The zero-order chi connectivity index (χ0) is 19.6. The van der Waals surface area contributed by atoms with Crippen molar-refractivity contribution in [3.05, 3.63) is 47.5 Å². The number of primary amides is 1. The molecule has 2 aromatic carbocycles. The molecule has 0 radical (unpaired) electrons. The van der Waals surface area contributed by atoms with Crippen LogP contribution in [0.5, 0.6) is 11.5 Å². The van der Waals surface area contributed by atoms with Crippen LogP contribution < -0.4 is 15.2 Å². The summed E-state index contributed by atoms with van der Waals surface area (Å²) in [6.45, 7) is 4.27. The van der Waals surface area contributed by atoms with Crippen LogP contribution >= 0.6 is 0 Å². The number of hydrogen-bond acceptors (Lipinski definition) is 4. The minimum absolute atomic E-state index is 0.124. The molecule has 0 aromatic heterocycles. The maximum absolute atomic E-state index is 11.5. The number of fused-ring (bicyclic) bond motifs is 1. The summed E-state index contributed by atoms with van der Waals surface area (Å²) < 4.78 is 16.7. The SMILES string of the molecule is CCC1(CC)Cc2cc(-c3c(OC)cccc3OC)ccc2C1OC(N)=O. The second kappa shape index (κ2) is 7.51. The van der Waals surface area contributed by atoms with Gasteiger partial charge < -0.3 is 19.9 Å². The lowest BCUT2D eigenvalue weighted by molar-refractivity contribution is 0.0140. The van der Waals surface area contributed by atoms with Crippen molar-refractivity contribution in [1.82, 2.24) is 0 Å². The van der Waals surface area contributed by atoms with Crippen molar-refractivity contribution in [2.75, 3.05) is 14.2 Å². The first-order valence-corrected chi connectivity index (χ1v) is 9.30. The average molecular weight is 369 g/mol. The molecule has 0 aliphatic heterocycles. The van der Waals surface area contributed by atoms with Crippen molar-refractivity contribution in [1.29, 1.82) is 0 Å². The van der Waals surface area contributed by atoms with Gasteiger partial charge in [-0.25, -0.2) is 4.79 Å². The topological polar surface area (TPSA) is 70.8 Å². The number of rotatable bonds is 6. The van der Waals surface area contributed by atoms with E-state index >= 15 is 0 Å². The van der Waals surface area contributed by atoms with Gasteiger partial charge in [0.2, 0.25) is 0 Å². The zero-order valence-electron chi connectivity index (χ0n) is 16.4. The lowest BCUT2D eigenvalue weighted by Gasteiger charge is -2.32. The van der Waals surface area contributed by atoms with E-state index < -0.39 is 6.09 Å². The van der Waals surface area contributed by atoms with Crippen LogP contribution in [0.4, 0.5) is 4.79 Å². The van der Waals surface area contributed by atoms with Gasteiger partial charge in [-0.2, -0.15) is 0 Å². The first-order chi connectivity index (χ1) is 13.0. The minimum atomic E-state index is -0.727. The zero-order valence-corrected chi connectivity index (χ0v) is 16.4. The number of nitrogens with two attached hydrogens (primary N) is 1. The lowest BCUT2D eigenvalue weighted by atomic mass is 9.77. The Morgan fingerprint density at radius 1 is 1.11 bits per heavy atom. The van der Waals surface area contributed by atoms with Gasteiger partial charge in [0.25, 0.3) is 0 Å². The van der Waals surface area contributed by atoms with Gasteiger partial charge >= 0.3 is 6.09 Å². The number of benzene rings is 2. The normalized spacial score (nSPS) is 17.3. The minimum Gasteiger partial charge on any atom is -0.496 e. The Balaban J connectivity index is 2.12. The predicted octanol–water partition coefficient (Wildman–Crippen LogP) is 4.87.